The first-order chi connectivity index (χ1) is 11.2. The van der Waals surface area contributed by atoms with Gasteiger partial charge < -0.3 is 9.64 Å². The van der Waals surface area contributed by atoms with E-state index in [1.165, 1.54) is 31.4 Å². The maximum Gasteiger partial charge on any atom is 0.406 e. The fourth-order valence-electron chi connectivity index (χ4n) is 2.45. The first-order valence-corrected chi connectivity index (χ1v) is 7.17. The molecule has 1 saturated carbocycles. The molecule has 1 aromatic carbocycles. The third kappa shape index (κ3) is 4.47. The van der Waals surface area contributed by atoms with Crippen LogP contribution in [0.15, 0.2) is 24.3 Å². The Bertz CT molecular complexity index is 665. The Kier molecular flexibility index (Phi) is 5.12. The number of nitrogens with zero attached hydrogens (tertiary/aromatic N) is 2. The van der Waals surface area contributed by atoms with E-state index in [2.05, 4.69) is 4.74 Å². The van der Waals surface area contributed by atoms with Crippen molar-refractivity contribution in [1.82, 2.24) is 4.90 Å². The summed E-state index contributed by atoms with van der Waals surface area (Å²) in [7, 11) is 1.17. The van der Waals surface area contributed by atoms with Gasteiger partial charge in [0.25, 0.3) is 0 Å². The van der Waals surface area contributed by atoms with Crippen molar-refractivity contribution < 1.29 is 27.5 Å². The summed E-state index contributed by atoms with van der Waals surface area (Å²) < 4.78 is 42.8. The second-order valence-corrected chi connectivity index (χ2v) is 5.59. The topological polar surface area (TPSA) is 70.4 Å². The van der Waals surface area contributed by atoms with Crippen molar-refractivity contribution in [2.75, 3.05) is 13.7 Å². The maximum atomic E-state index is 12.8. The van der Waals surface area contributed by atoms with E-state index in [1.54, 1.807) is 0 Å². The standard InChI is InChI=1S/C16H15F3N2O3/c1-24-15(23)13-6-12(13)14(22)21(9-16(17,18)19)8-11-4-2-10(7-20)3-5-11/h2-5,12-13H,6,8-9H2,1H3/t12-,13+/m0/s1. The van der Waals surface area contributed by atoms with E-state index in [9.17, 15) is 22.8 Å². The van der Waals surface area contributed by atoms with Gasteiger partial charge in [-0.3, -0.25) is 9.59 Å². The van der Waals surface area contributed by atoms with E-state index in [1.807, 2.05) is 6.07 Å². The summed E-state index contributed by atoms with van der Waals surface area (Å²) in [6.45, 7) is -1.63. The van der Waals surface area contributed by atoms with Gasteiger partial charge in [-0.2, -0.15) is 18.4 Å². The molecule has 0 N–H and O–H groups in total. The van der Waals surface area contributed by atoms with Gasteiger partial charge in [0.15, 0.2) is 0 Å². The SMILES string of the molecule is COC(=O)[C@@H]1C[C@@H]1C(=O)N(Cc1ccc(C#N)cc1)CC(F)(F)F. The van der Waals surface area contributed by atoms with E-state index >= 15 is 0 Å². The largest absolute Gasteiger partial charge is 0.469 e. The van der Waals surface area contributed by atoms with Crippen molar-refractivity contribution in [3.63, 3.8) is 0 Å². The van der Waals surface area contributed by atoms with Crippen LogP contribution in [0, 0.1) is 23.2 Å². The molecule has 0 aromatic heterocycles. The fourth-order valence-corrected chi connectivity index (χ4v) is 2.45. The highest BCUT2D eigenvalue weighted by Gasteiger charge is 2.51. The average molecular weight is 340 g/mol. The number of esters is 1. The van der Waals surface area contributed by atoms with Crippen LogP contribution < -0.4 is 0 Å². The van der Waals surface area contributed by atoms with Gasteiger partial charge in [-0.15, -0.1) is 0 Å². The van der Waals surface area contributed by atoms with Gasteiger partial charge in [0.1, 0.15) is 6.54 Å². The Morgan fingerprint density at radius 1 is 1.29 bits per heavy atom. The lowest BCUT2D eigenvalue weighted by Crippen LogP contribution is -2.39. The summed E-state index contributed by atoms with van der Waals surface area (Å²) in [5, 5.41) is 8.73. The maximum absolute atomic E-state index is 12.8. The number of benzene rings is 1. The van der Waals surface area contributed by atoms with Crippen LogP contribution in [0.25, 0.3) is 0 Å². The second kappa shape index (κ2) is 6.91. The van der Waals surface area contributed by atoms with E-state index in [4.69, 9.17) is 5.26 Å². The minimum Gasteiger partial charge on any atom is -0.469 e. The van der Waals surface area contributed by atoms with Gasteiger partial charge in [-0.05, 0) is 24.1 Å². The van der Waals surface area contributed by atoms with E-state index < -0.39 is 36.4 Å². The van der Waals surface area contributed by atoms with Crippen molar-refractivity contribution in [2.45, 2.75) is 19.1 Å². The third-order valence-electron chi connectivity index (χ3n) is 3.75. The molecule has 1 fully saturated rings. The van der Waals surface area contributed by atoms with Crippen LogP contribution in [-0.2, 0) is 20.9 Å². The normalized spacial score (nSPS) is 19.3. The van der Waals surface area contributed by atoms with Crippen molar-refractivity contribution >= 4 is 11.9 Å². The molecule has 5 nitrogen and oxygen atoms in total. The zero-order valence-corrected chi connectivity index (χ0v) is 12.8. The Morgan fingerprint density at radius 2 is 1.92 bits per heavy atom. The third-order valence-corrected chi connectivity index (χ3v) is 3.75. The zero-order valence-electron chi connectivity index (χ0n) is 12.8. The molecule has 0 bridgehead atoms. The number of rotatable bonds is 5. The molecule has 128 valence electrons. The Hall–Kier alpha value is -2.56. The number of methoxy groups -OCH3 is 1. The molecular formula is C16H15F3N2O3. The number of nitriles is 1. The van der Waals surface area contributed by atoms with Crippen LogP contribution >= 0.6 is 0 Å². The van der Waals surface area contributed by atoms with Gasteiger partial charge in [0, 0.05) is 6.54 Å². The molecule has 2 atom stereocenters. The van der Waals surface area contributed by atoms with E-state index in [0.29, 0.717) is 16.0 Å². The van der Waals surface area contributed by atoms with Crippen LogP contribution in [0.3, 0.4) is 0 Å². The molecular weight excluding hydrogens is 325 g/mol. The summed E-state index contributed by atoms with van der Waals surface area (Å²) in [6, 6.07) is 7.85. The summed E-state index contributed by atoms with van der Waals surface area (Å²) in [4.78, 5) is 24.4. The second-order valence-electron chi connectivity index (χ2n) is 5.59. The molecule has 0 aliphatic heterocycles. The monoisotopic (exact) mass is 340 g/mol. The van der Waals surface area contributed by atoms with Crippen molar-refractivity contribution in [2.24, 2.45) is 11.8 Å². The summed E-state index contributed by atoms with van der Waals surface area (Å²) in [5.74, 6) is -2.73. The Balaban J connectivity index is 2.11. The molecule has 2 rings (SSSR count). The molecule has 24 heavy (non-hydrogen) atoms. The fraction of sp³-hybridized carbons (Fsp3) is 0.438. The quantitative estimate of drug-likeness (QED) is 0.771. The number of hydrogen-bond acceptors (Lipinski definition) is 4. The Morgan fingerprint density at radius 3 is 2.42 bits per heavy atom. The van der Waals surface area contributed by atoms with Crippen LogP contribution in [-0.4, -0.2) is 36.6 Å². The molecule has 0 spiro atoms. The van der Waals surface area contributed by atoms with Crippen molar-refractivity contribution in [3.05, 3.63) is 35.4 Å². The van der Waals surface area contributed by atoms with Crippen LogP contribution in [0.5, 0.6) is 0 Å². The highest BCUT2D eigenvalue weighted by Crippen LogP contribution is 2.41. The van der Waals surface area contributed by atoms with Gasteiger partial charge in [0.05, 0.1) is 30.6 Å². The molecule has 0 saturated heterocycles. The van der Waals surface area contributed by atoms with Crippen LogP contribution in [0.2, 0.25) is 0 Å². The molecule has 1 aliphatic carbocycles. The minimum absolute atomic E-state index is 0.202. The number of alkyl halides is 3. The summed E-state index contributed by atoms with van der Waals surface area (Å²) in [5.41, 5.74) is 0.849. The van der Waals surface area contributed by atoms with Crippen LogP contribution in [0.4, 0.5) is 13.2 Å². The van der Waals surface area contributed by atoms with Crippen molar-refractivity contribution in [3.8, 4) is 6.07 Å². The van der Waals surface area contributed by atoms with Gasteiger partial charge in [-0.1, -0.05) is 12.1 Å². The predicted octanol–water partition coefficient (Wildman–Crippen LogP) is 2.26. The number of ether oxygens (including phenoxy) is 1. The van der Waals surface area contributed by atoms with Crippen molar-refractivity contribution in [1.29, 1.82) is 5.26 Å². The number of amides is 1. The number of carbonyl (C=O) groups is 2. The van der Waals surface area contributed by atoms with Crippen LogP contribution in [0.1, 0.15) is 17.5 Å². The lowest BCUT2D eigenvalue weighted by atomic mass is 10.1. The smallest absolute Gasteiger partial charge is 0.406 e. The first kappa shape index (κ1) is 17.8. The minimum atomic E-state index is -4.54. The van der Waals surface area contributed by atoms with E-state index in [0.717, 1.165) is 0 Å². The zero-order chi connectivity index (χ0) is 17.9. The highest BCUT2D eigenvalue weighted by molar-refractivity contribution is 5.90. The molecule has 1 amide bonds. The molecule has 8 heteroatoms. The average Bonchev–Trinajstić information content (AvgIpc) is 3.33. The Labute approximate surface area is 136 Å². The predicted molar refractivity (Wildman–Crippen MR) is 76.2 cm³/mol. The summed E-state index contributed by atoms with van der Waals surface area (Å²) in [6.07, 6.45) is -4.34. The number of halogens is 3. The van der Waals surface area contributed by atoms with Gasteiger partial charge in [0.2, 0.25) is 5.91 Å². The van der Waals surface area contributed by atoms with E-state index in [-0.39, 0.29) is 13.0 Å². The molecule has 0 heterocycles. The lowest BCUT2D eigenvalue weighted by Gasteiger charge is -2.24. The lowest BCUT2D eigenvalue weighted by molar-refractivity contribution is -0.164. The molecule has 0 radical (unpaired) electrons. The molecule has 1 aromatic rings. The molecule has 1 aliphatic rings. The number of hydrogen-bond donors (Lipinski definition) is 0. The highest BCUT2D eigenvalue weighted by atomic mass is 19.4. The molecule has 0 unspecified atom stereocenters. The van der Waals surface area contributed by atoms with Gasteiger partial charge >= 0.3 is 12.1 Å². The summed E-state index contributed by atoms with van der Waals surface area (Å²) >= 11 is 0. The number of carbonyl (C=O) groups excluding carboxylic acids is 2. The van der Waals surface area contributed by atoms with Gasteiger partial charge in [-0.25, -0.2) is 0 Å². The first-order valence-electron chi connectivity index (χ1n) is 7.17.